The van der Waals surface area contributed by atoms with Crippen LogP contribution in [0.4, 0.5) is 4.39 Å². The Labute approximate surface area is 193 Å². The SMILES string of the molecule is CC1CC(O)CN(CC(O)CN2CCN(C(=O)C=Cc3ccc(F)c(Cl)c3)CCC2=O)C1. The molecule has 0 spiro atoms. The lowest BCUT2D eigenvalue weighted by Gasteiger charge is -2.36. The number of benzene rings is 1. The minimum Gasteiger partial charge on any atom is -0.392 e. The molecule has 0 radical (unpaired) electrons. The fourth-order valence-electron chi connectivity index (χ4n) is 4.36. The van der Waals surface area contributed by atoms with E-state index in [1.807, 2.05) is 4.90 Å². The van der Waals surface area contributed by atoms with E-state index in [-0.39, 0.29) is 35.9 Å². The number of hydrogen-bond acceptors (Lipinski definition) is 5. The summed E-state index contributed by atoms with van der Waals surface area (Å²) < 4.78 is 13.3. The molecule has 1 aromatic carbocycles. The number of aliphatic hydroxyl groups excluding tert-OH is 2. The molecule has 0 saturated carbocycles. The molecule has 2 aliphatic heterocycles. The number of β-amino-alcohol motifs (C(OH)–C–C–N with tert-alkyl or cyclic N) is 2. The van der Waals surface area contributed by atoms with Gasteiger partial charge in [0.1, 0.15) is 5.82 Å². The quantitative estimate of drug-likeness (QED) is 0.621. The van der Waals surface area contributed by atoms with Gasteiger partial charge in [-0.3, -0.25) is 14.5 Å². The number of hydrogen-bond donors (Lipinski definition) is 2. The number of carbonyl (C=O) groups is 2. The Hall–Kier alpha value is -2.00. The van der Waals surface area contributed by atoms with E-state index < -0.39 is 11.9 Å². The van der Waals surface area contributed by atoms with Crippen molar-refractivity contribution in [3.05, 3.63) is 40.7 Å². The summed E-state index contributed by atoms with van der Waals surface area (Å²) in [5.41, 5.74) is 0.609. The first-order valence-electron chi connectivity index (χ1n) is 11.0. The highest BCUT2D eigenvalue weighted by atomic mass is 35.5. The van der Waals surface area contributed by atoms with E-state index in [1.165, 1.54) is 24.3 Å². The number of carbonyl (C=O) groups excluding carboxylic acids is 2. The van der Waals surface area contributed by atoms with Crippen LogP contribution in [0.5, 0.6) is 0 Å². The normalized spacial score (nSPS) is 24.1. The van der Waals surface area contributed by atoms with Crippen molar-refractivity contribution in [2.24, 2.45) is 5.92 Å². The van der Waals surface area contributed by atoms with E-state index in [2.05, 4.69) is 6.92 Å². The number of amides is 2. The monoisotopic (exact) mass is 467 g/mol. The van der Waals surface area contributed by atoms with E-state index in [1.54, 1.807) is 15.9 Å². The molecule has 3 rings (SSSR count). The summed E-state index contributed by atoms with van der Waals surface area (Å²) in [4.78, 5) is 30.3. The molecule has 0 aromatic heterocycles. The van der Waals surface area contributed by atoms with Gasteiger partial charge in [-0.15, -0.1) is 0 Å². The van der Waals surface area contributed by atoms with Gasteiger partial charge in [0.05, 0.1) is 17.2 Å². The summed E-state index contributed by atoms with van der Waals surface area (Å²) in [6.07, 6.45) is 2.81. The Morgan fingerprint density at radius 2 is 2.06 bits per heavy atom. The molecule has 7 nitrogen and oxygen atoms in total. The highest BCUT2D eigenvalue weighted by molar-refractivity contribution is 6.30. The van der Waals surface area contributed by atoms with Crippen LogP contribution in [-0.2, 0) is 9.59 Å². The largest absolute Gasteiger partial charge is 0.392 e. The summed E-state index contributed by atoms with van der Waals surface area (Å²) >= 11 is 5.77. The van der Waals surface area contributed by atoms with Crippen molar-refractivity contribution >= 4 is 29.5 Å². The lowest BCUT2D eigenvalue weighted by molar-refractivity contribution is -0.132. The second-order valence-corrected chi connectivity index (χ2v) is 9.20. The van der Waals surface area contributed by atoms with Crippen LogP contribution in [0.25, 0.3) is 6.08 Å². The van der Waals surface area contributed by atoms with E-state index in [9.17, 15) is 24.2 Å². The van der Waals surface area contributed by atoms with Gasteiger partial charge in [0, 0.05) is 58.3 Å². The number of aliphatic hydroxyl groups is 2. The molecular formula is C23H31ClFN3O4. The Morgan fingerprint density at radius 1 is 1.28 bits per heavy atom. The van der Waals surface area contributed by atoms with Crippen molar-refractivity contribution in [1.29, 1.82) is 0 Å². The first-order valence-corrected chi connectivity index (χ1v) is 11.4. The topological polar surface area (TPSA) is 84.3 Å². The standard InChI is InChI=1S/C23H31ClFN3O4/c1-16-10-18(29)13-26(12-16)14-19(30)15-28-9-8-27(7-6-23(28)32)22(31)5-3-17-2-4-21(25)20(24)11-17/h2-5,11,16,18-19,29-30H,6-10,12-15H2,1H3. The van der Waals surface area contributed by atoms with Crippen LogP contribution in [-0.4, -0.2) is 94.7 Å². The third-order valence-corrected chi connectivity index (χ3v) is 6.16. The summed E-state index contributed by atoms with van der Waals surface area (Å²) in [6.45, 7) is 5.03. The Bertz CT molecular complexity index is 843. The number of likely N-dealkylation sites (tertiary alicyclic amines) is 1. The zero-order valence-corrected chi connectivity index (χ0v) is 19.0. The van der Waals surface area contributed by atoms with E-state index in [4.69, 9.17) is 11.6 Å². The third kappa shape index (κ3) is 7.00. The number of nitrogens with zero attached hydrogens (tertiary/aromatic N) is 3. The molecule has 176 valence electrons. The summed E-state index contributed by atoms with van der Waals surface area (Å²) in [7, 11) is 0. The van der Waals surface area contributed by atoms with Crippen molar-refractivity contribution in [2.45, 2.75) is 32.0 Å². The van der Waals surface area contributed by atoms with Crippen LogP contribution >= 0.6 is 11.6 Å². The molecule has 2 heterocycles. The van der Waals surface area contributed by atoms with Crippen molar-refractivity contribution in [1.82, 2.24) is 14.7 Å². The molecule has 2 fully saturated rings. The summed E-state index contributed by atoms with van der Waals surface area (Å²) in [5, 5.41) is 20.4. The fourth-order valence-corrected chi connectivity index (χ4v) is 4.54. The summed E-state index contributed by atoms with van der Waals surface area (Å²) in [5.74, 6) is -0.489. The van der Waals surface area contributed by atoms with Gasteiger partial charge < -0.3 is 20.0 Å². The highest BCUT2D eigenvalue weighted by Crippen LogP contribution is 2.18. The zero-order valence-electron chi connectivity index (χ0n) is 18.3. The predicted molar refractivity (Wildman–Crippen MR) is 120 cm³/mol. The molecule has 0 bridgehead atoms. The van der Waals surface area contributed by atoms with Crippen molar-refractivity contribution in [3.63, 3.8) is 0 Å². The van der Waals surface area contributed by atoms with Crippen LogP contribution in [0.15, 0.2) is 24.3 Å². The van der Waals surface area contributed by atoms with E-state index >= 15 is 0 Å². The van der Waals surface area contributed by atoms with Crippen LogP contribution in [0.3, 0.4) is 0 Å². The Morgan fingerprint density at radius 3 is 2.78 bits per heavy atom. The van der Waals surface area contributed by atoms with Crippen LogP contribution in [0.1, 0.15) is 25.3 Å². The summed E-state index contributed by atoms with van der Waals surface area (Å²) in [6, 6.07) is 4.21. The van der Waals surface area contributed by atoms with Gasteiger partial charge in [0.2, 0.25) is 11.8 Å². The average molecular weight is 468 g/mol. The molecule has 32 heavy (non-hydrogen) atoms. The molecule has 0 aliphatic carbocycles. The lowest BCUT2D eigenvalue weighted by atomic mass is 9.98. The van der Waals surface area contributed by atoms with Crippen molar-refractivity contribution < 1.29 is 24.2 Å². The maximum absolute atomic E-state index is 13.3. The van der Waals surface area contributed by atoms with Gasteiger partial charge in [-0.05, 0) is 36.1 Å². The molecule has 2 N–H and O–H groups in total. The molecule has 9 heteroatoms. The van der Waals surface area contributed by atoms with E-state index in [0.29, 0.717) is 44.2 Å². The number of rotatable bonds is 6. The van der Waals surface area contributed by atoms with Gasteiger partial charge >= 0.3 is 0 Å². The van der Waals surface area contributed by atoms with Crippen molar-refractivity contribution in [2.75, 3.05) is 45.8 Å². The molecule has 1 aromatic rings. The molecule has 3 unspecified atom stereocenters. The average Bonchev–Trinajstić information content (AvgIpc) is 2.89. The molecule has 2 aliphatic rings. The van der Waals surface area contributed by atoms with Crippen LogP contribution < -0.4 is 0 Å². The van der Waals surface area contributed by atoms with Gasteiger partial charge in [0.25, 0.3) is 0 Å². The van der Waals surface area contributed by atoms with Gasteiger partial charge in [-0.2, -0.15) is 0 Å². The maximum atomic E-state index is 13.3. The van der Waals surface area contributed by atoms with Crippen LogP contribution in [0, 0.1) is 11.7 Å². The molecule has 2 saturated heterocycles. The Kier molecular flexibility index (Phi) is 8.64. The van der Waals surface area contributed by atoms with E-state index in [0.717, 1.165) is 13.0 Å². The third-order valence-electron chi connectivity index (χ3n) is 5.88. The predicted octanol–water partition coefficient (Wildman–Crippen LogP) is 1.62. The number of piperidine rings is 1. The number of halogens is 2. The van der Waals surface area contributed by atoms with Gasteiger partial charge in [-0.1, -0.05) is 24.6 Å². The lowest BCUT2D eigenvalue weighted by Crippen LogP contribution is -2.48. The van der Waals surface area contributed by atoms with Gasteiger partial charge in [0.15, 0.2) is 0 Å². The zero-order chi connectivity index (χ0) is 23.3. The minimum absolute atomic E-state index is 0.0114. The van der Waals surface area contributed by atoms with Gasteiger partial charge in [-0.25, -0.2) is 4.39 Å². The fraction of sp³-hybridized carbons (Fsp3) is 0.565. The highest BCUT2D eigenvalue weighted by Gasteiger charge is 2.28. The van der Waals surface area contributed by atoms with Crippen LogP contribution in [0.2, 0.25) is 5.02 Å². The Balaban J connectivity index is 1.51. The molecule has 2 amide bonds. The second-order valence-electron chi connectivity index (χ2n) is 8.79. The first kappa shape index (κ1) is 24.6. The van der Waals surface area contributed by atoms with Crippen molar-refractivity contribution in [3.8, 4) is 0 Å². The molecule has 3 atom stereocenters. The smallest absolute Gasteiger partial charge is 0.246 e. The maximum Gasteiger partial charge on any atom is 0.246 e. The molecular weight excluding hydrogens is 437 g/mol. The minimum atomic E-state index is -0.721. The second kappa shape index (κ2) is 11.2. The first-order chi connectivity index (χ1) is 15.2.